The first kappa shape index (κ1) is 13.8. The second-order valence-electron chi connectivity index (χ2n) is 4.20. The van der Waals surface area contributed by atoms with Crippen molar-refractivity contribution in [2.75, 3.05) is 12.4 Å². The van der Waals surface area contributed by atoms with Crippen molar-refractivity contribution in [3.63, 3.8) is 0 Å². The predicted molar refractivity (Wildman–Crippen MR) is 70.1 cm³/mol. The molecule has 2 heterocycles. The zero-order valence-corrected chi connectivity index (χ0v) is 11.5. The first-order valence-corrected chi connectivity index (χ1v) is 5.91. The van der Waals surface area contributed by atoms with E-state index in [0.717, 1.165) is 5.69 Å². The van der Waals surface area contributed by atoms with Crippen LogP contribution in [-0.4, -0.2) is 38.5 Å². The quantitative estimate of drug-likeness (QED) is 0.814. The van der Waals surface area contributed by atoms with Crippen LogP contribution in [0.4, 0.5) is 5.69 Å². The second kappa shape index (κ2) is 5.55. The SMILES string of the molecule is COC(=O)c1c(NC(=O)Cn2nccc2C)cnn1C. The van der Waals surface area contributed by atoms with Crippen LogP contribution in [0.1, 0.15) is 16.2 Å². The fourth-order valence-electron chi connectivity index (χ4n) is 1.76. The van der Waals surface area contributed by atoms with E-state index >= 15 is 0 Å². The summed E-state index contributed by atoms with van der Waals surface area (Å²) in [5.41, 5.74) is 1.38. The normalized spacial score (nSPS) is 10.3. The number of aryl methyl sites for hydroxylation is 2. The van der Waals surface area contributed by atoms with Crippen LogP contribution in [0.2, 0.25) is 0 Å². The smallest absolute Gasteiger partial charge is 0.358 e. The van der Waals surface area contributed by atoms with Gasteiger partial charge >= 0.3 is 5.97 Å². The highest BCUT2D eigenvalue weighted by Gasteiger charge is 2.19. The Bertz CT molecular complexity index is 643. The Morgan fingerprint density at radius 3 is 2.75 bits per heavy atom. The van der Waals surface area contributed by atoms with Crippen molar-refractivity contribution in [3.05, 3.63) is 29.8 Å². The molecule has 0 aliphatic rings. The Labute approximate surface area is 115 Å². The molecule has 8 nitrogen and oxygen atoms in total. The highest BCUT2D eigenvalue weighted by Crippen LogP contribution is 2.15. The van der Waals surface area contributed by atoms with Gasteiger partial charge in [0, 0.05) is 18.9 Å². The average molecular weight is 277 g/mol. The van der Waals surface area contributed by atoms with Crippen LogP contribution in [0, 0.1) is 6.92 Å². The molecular formula is C12H15N5O3. The van der Waals surface area contributed by atoms with E-state index in [2.05, 4.69) is 20.3 Å². The van der Waals surface area contributed by atoms with Gasteiger partial charge in [-0.3, -0.25) is 14.2 Å². The molecule has 0 aromatic carbocycles. The molecule has 0 spiro atoms. The van der Waals surface area contributed by atoms with E-state index < -0.39 is 5.97 Å². The largest absolute Gasteiger partial charge is 0.464 e. The van der Waals surface area contributed by atoms with E-state index in [1.54, 1.807) is 24.0 Å². The first-order chi connectivity index (χ1) is 9.52. The highest BCUT2D eigenvalue weighted by atomic mass is 16.5. The number of nitrogens with zero attached hydrogens (tertiary/aromatic N) is 4. The number of nitrogens with one attached hydrogen (secondary N) is 1. The van der Waals surface area contributed by atoms with E-state index in [1.807, 2.05) is 6.92 Å². The van der Waals surface area contributed by atoms with Crippen molar-refractivity contribution in [1.82, 2.24) is 19.6 Å². The molecule has 1 amide bonds. The molecule has 0 saturated heterocycles. The van der Waals surface area contributed by atoms with E-state index in [0.29, 0.717) is 5.69 Å². The van der Waals surface area contributed by atoms with Crippen LogP contribution in [0.15, 0.2) is 18.5 Å². The fourth-order valence-corrected chi connectivity index (χ4v) is 1.76. The third-order valence-corrected chi connectivity index (χ3v) is 2.81. The summed E-state index contributed by atoms with van der Waals surface area (Å²) in [6.07, 6.45) is 3.02. The van der Waals surface area contributed by atoms with Gasteiger partial charge in [0.1, 0.15) is 6.54 Å². The average Bonchev–Trinajstić information content (AvgIpc) is 2.96. The minimum absolute atomic E-state index is 0.0638. The molecule has 2 rings (SSSR count). The minimum Gasteiger partial charge on any atom is -0.464 e. The van der Waals surface area contributed by atoms with Gasteiger partial charge in [-0.05, 0) is 13.0 Å². The van der Waals surface area contributed by atoms with E-state index in [-0.39, 0.29) is 18.1 Å². The summed E-state index contributed by atoms with van der Waals surface area (Å²) in [5, 5.41) is 10.6. The maximum Gasteiger partial charge on any atom is 0.358 e. The molecule has 0 unspecified atom stereocenters. The number of methoxy groups -OCH3 is 1. The van der Waals surface area contributed by atoms with Crippen LogP contribution in [0.3, 0.4) is 0 Å². The summed E-state index contributed by atoms with van der Waals surface area (Å²) in [6.45, 7) is 1.92. The van der Waals surface area contributed by atoms with Gasteiger partial charge in [0.05, 0.1) is 19.0 Å². The van der Waals surface area contributed by atoms with Crippen LogP contribution in [0.5, 0.6) is 0 Å². The molecule has 20 heavy (non-hydrogen) atoms. The molecular weight excluding hydrogens is 262 g/mol. The molecule has 0 saturated carbocycles. The Kier molecular flexibility index (Phi) is 3.83. The molecule has 0 fully saturated rings. The Morgan fingerprint density at radius 2 is 2.15 bits per heavy atom. The van der Waals surface area contributed by atoms with Crippen LogP contribution >= 0.6 is 0 Å². The molecule has 8 heteroatoms. The Balaban J connectivity index is 2.12. The van der Waals surface area contributed by atoms with Crippen molar-refractivity contribution < 1.29 is 14.3 Å². The number of rotatable bonds is 4. The summed E-state index contributed by atoms with van der Waals surface area (Å²) < 4.78 is 7.56. The maximum absolute atomic E-state index is 11.9. The lowest BCUT2D eigenvalue weighted by Crippen LogP contribution is -2.21. The Morgan fingerprint density at radius 1 is 1.40 bits per heavy atom. The number of ether oxygens (including phenoxy) is 1. The van der Waals surface area contributed by atoms with E-state index in [4.69, 9.17) is 0 Å². The van der Waals surface area contributed by atoms with Gasteiger partial charge in [-0.25, -0.2) is 4.79 Å². The molecule has 1 N–H and O–H groups in total. The van der Waals surface area contributed by atoms with Gasteiger partial charge in [-0.1, -0.05) is 0 Å². The van der Waals surface area contributed by atoms with E-state index in [1.165, 1.54) is 18.0 Å². The van der Waals surface area contributed by atoms with Gasteiger partial charge < -0.3 is 10.1 Å². The number of carbonyl (C=O) groups is 2. The number of hydrogen-bond acceptors (Lipinski definition) is 5. The van der Waals surface area contributed by atoms with Gasteiger partial charge in [0.25, 0.3) is 0 Å². The molecule has 0 bridgehead atoms. The lowest BCUT2D eigenvalue weighted by molar-refractivity contribution is -0.116. The number of anilines is 1. The summed E-state index contributed by atoms with van der Waals surface area (Å²) in [6, 6.07) is 1.80. The fraction of sp³-hybridized carbons (Fsp3) is 0.333. The summed E-state index contributed by atoms with van der Waals surface area (Å²) >= 11 is 0. The van der Waals surface area contributed by atoms with Crippen molar-refractivity contribution in [2.24, 2.45) is 7.05 Å². The zero-order chi connectivity index (χ0) is 14.7. The van der Waals surface area contributed by atoms with Crippen molar-refractivity contribution in [1.29, 1.82) is 0 Å². The summed E-state index contributed by atoms with van der Waals surface area (Å²) in [7, 11) is 2.87. The molecule has 0 atom stereocenters. The van der Waals surface area contributed by atoms with Gasteiger partial charge in [0.2, 0.25) is 5.91 Å². The predicted octanol–water partition coefficient (Wildman–Crippen LogP) is 0.350. The number of esters is 1. The molecule has 0 aliphatic carbocycles. The molecule has 0 radical (unpaired) electrons. The third-order valence-electron chi connectivity index (χ3n) is 2.81. The monoisotopic (exact) mass is 277 g/mol. The number of hydrogen-bond donors (Lipinski definition) is 1. The standard InChI is InChI=1S/C12H15N5O3/c1-8-4-5-13-17(8)7-10(18)15-9-6-14-16(2)11(9)12(19)20-3/h4-6H,7H2,1-3H3,(H,15,18). The zero-order valence-electron chi connectivity index (χ0n) is 11.5. The third kappa shape index (κ3) is 2.68. The van der Waals surface area contributed by atoms with Crippen LogP contribution < -0.4 is 5.32 Å². The summed E-state index contributed by atoms with van der Waals surface area (Å²) in [4.78, 5) is 23.6. The first-order valence-electron chi connectivity index (χ1n) is 5.91. The lowest BCUT2D eigenvalue weighted by Gasteiger charge is -2.07. The number of aromatic nitrogens is 4. The molecule has 106 valence electrons. The minimum atomic E-state index is -0.560. The van der Waals surface area contributed by atoms with Gasteiger partial charge in [0.15, 0.2) is 5.69 Å². The summed E-state index contributed by atoms with van der Waals surface area (Å²) in [5.74, 6) is -0.856. The van der Waals surface area contributed by atoms with Crippen LogP contribution in [-0.2, 0) is 23.1 Å². The van der Waals surface area contributed by atoms with Gasteiger partial charge in [-0.2, -0.15) is 10.2 Å². The second-order valence-corrected chi connectivity index (χ2v) is 4.20. The van der Waals surface area contributed by atoms with Crippen molar-refractivity contribution in [2.45, 2.75) is 13.5 Å². The van der Waals surface area contributed by atoms with E-state index in [9.17, 15) is 9.59 Å². The number of amides is 1. The maximum atomic E-state index is 11.9. The highest BCUT2D eigenvalue weighted by molar-refractivity contribution is 5.99. The van der Waals surface area contributed by atoms with Gasteiger partial charge in [-0.15, -0.1) is 0 Å². The number of carbonyl (C=O) groups excluding carboxylic acids is 2. The van der Waals surface area contributed by atoms with Crippen molar-refractivity contribution in [3.8, 4) is 0 Å². The van der Waals surface area contributed by atoms with Crippen LogP contribution in [0.25, 0.3) is 0 Å². The topological polar surface area (TPSA) is 91.0 Å². The lowest BCUT2D eigenvalue weighted by atomic mass is 10.3. The Hall–Kier alpha value is -2.64. The molecule has 0 aliphatic heterocycles. The van der Waals surface area contributed by atoms with Crippen molar-refractivity contribution >= 4 is 17.6 Å². The molecule has 2 aromatic heterocycles. The molecule has 2 aromatic rings.